The first kappa shape index (κ1) is 17.7. The van der Waals surface area contributed by atoms with Crippen molar-refractivity contribution in [2.24, 2.45) is 0 Å². The number of nitrogens with zero attached hydrogens (tertiary/aromatic N) is 3. The van der Waals surface area contributed by atoms with Gasteiger partial charge in [-0.05, 0) is 44.9 Å². The second-order valence-electron chi connectivity index (χ2n) is 7.92. The number of hydrogen-bond acceptors (Lipinski definition) is 3. The Kier molecular flexibility index (Phi) is 4.73. The van der Waals surface area contributed by atoms with Crippen LogP contribution in [0.25, 0.3) is 0 Å². The summed E-state index contributed by atoms with van der Waals surface area (Å²) in [5.74, 6) is -0.793. The van der Waals surface area contributed by atoms with Crippen molar-refractivity contribution in [3.63, 3.8) is 0 Å². The van der Waals surface area contributed by atoms with Crippen molar-refractivity contribution in [2.75, 3.05) is 31.1 Å². The van der Waals surface area contributed by atoms with Gasteiger partial charge in [0.25, 0.3) is 0 Å². The highest BCUT2D eigenvalue weighted by atomic mass is 16.4. The van der Waals surface area contributed by atoms with Crippen molar-refractivity contribution in [2.45, 2.75) is 45.2 Å². The Labute approximate surface area is 149 Å². The molecule has 3 rings (SSSR count). The molecule has 2 heterocycles. The van der Waals surface area contributed by atoms with Crippen molar-refractivity contribution < 1.29 is 14.7 Å². The molecule has 0 unspecified atom stereocenters. The van der Waals surface area contributed by atoms with Gasteiger partial charge in [-0.1, -0.05) is 12.1 Å². The van der Waals surface area contributed by atoms with Gasteiger partial charge in [-0.3, -0.25) is 14.6 Å². The summed E-state index contributed by atoms with van der Waals surface area (Å²) >= 11 is 0. The molecule has 2 aliphatic heterocycles. The van der Waals surface area contributed by atoms with Crippen LogP contribution in [0.2, 0.25) is 0 Å². The van der Waals surface area contributed by atoms with Crippen LogP contribution < -0.4 is 4.90 Å². The number of piperazine rings is 1. The quantitative estimate of drug-likeness (QED) is 0.910. The summed E-state index contributed by atoms with van der Waals surface area (Å²) in [6.07, 6.45) is 0.638. The SMILES string of the molecule is CC(C)(C)N1CCN2C(=O)N(c3ccc(CCC(=O)O)cc3)C[C@@H]2C1. The molecule has 0 bridgehead atoms. The number of hydrogen-bond donors (Lipinski definition) is 1. The van der Waals surface area contributed by atoms with Gasteiger partial charge in [-0.15, -0.1) is 0 Å². The molecule has 136 valence electrons. The zero-order valence-electron chi connectivity index (χ0n) is 15.2. The molecule has 0 saturated carbocycles. The van der Waals surface area contributed by atoms with Gasteiger partial charge >= 0.3 is 12.0 Å². The number of anilines is 1. The lowest BCUT2D eigenvalue weighted by Gasteiger charge is -2.43. The van der Waals surface area contributed by atoms with Crippen molar-refractivity contribution in [1.82, 2.24) is 9.80 Å². The third kappa shape index (κ3) is 3.79. The van der Waals surface area contributed by atoms with Gasteiger partial charge < -0.3 is 10.0 Å². The standard InChI is InChI=1S/C19H27N3O3/c1-19(2,3)20-10-11-21-16(12-20)13-22(18(21)25)15-7-4-14(5-8-15)6-9-17(23)24/h4-5,7-8,16H,6,9-13H2,1-3H3,(H,23,24)/t16-/m0/s1. The van der Waals surface area contributed by atoms with Crippen molar-refractivity contribution >= 4 is 17.7 Å². The van der Waals surface area contributed by atoms with Crippen molar-refractivity contribution in [3.8, 4) is 0 Å². The van der Waals surface area contributed by atoms with Crippen LogP contribution in [-0.4, -0.2) is 64.7 Å². The second kappa shape index (κ2) is 6.67. The highest BCUT2D eigenvalue weighted by Gasteiger charge is 2.42. The van der Waals surface area contributed by atoms with E-state index in [0.29, 0.717) is 13.0 Å². The summed E-state index contributed by atoms with van der Waals surface area (Å²) in [5, 5.41) is 8.77. The molecule has 6 heteroatoms. The van der Waals surface area contributed by atoms with Gasteiger partial charge in [-0.2, -0.15) is 0 Å². The molecular formula is C19H27N3O3. The number of carbonyl (C=O) groups is 2. The van der Waals surface area contributed by atoms with Crippen LogP contribution in [0, 0.1) is 0 Å². The highest BCUT2D eigenvalue weighted by Crippen LogP contribution is 2.29. The fourth-order valence-electron chi connectivity index (χ4n) is 3.63. The van der Waals surface area contributed by atoms with Gasteiger partial charge in [0.05, 0.1) is 6.04 Å². The molecule has 0 aromatic heterocycles. The third-order valence-corrected chi connectivity index (χ3v) is 5.18. The Morgan fingerprint density at radius 3 is 2.44 bits per heavy atom. The number of aliphatic carboxylic acids is 1. The highest BCUT2D eigenvalue weighted by molar-refractivity contribution is 5.94. The first-order chi connectivity index (χ1) is 11.8. The predicted octanol–water partition coefficient (Wildman–Crippen LogP) is 2.43. The monoisotopic (exact) mass is 345 g/mol. The number of carboxylic acids is 1. The Bertz CT molecular complexity index is 651. The van der Waals surface area contributed by atoms with Crippen LogP contribution in [0.5, 0.6) is 0 Å². The maximum absolute atomic E-state index is 12.8. The summed E-state index contributed by atoms with van der Waals surface area (Å²) in [4.78, 5) is 29.7. The maximum Gasteiger partial charge on any atom is 0.324 e. The predicted molar refractivity (Wildman–Crippen MR) is 97.0 cm³/mol. The number of urea groups is 1. The fraction of sp³-hybridized carbons (Fsp3) is 0.579. The molecule has 2 fully saturated rings. The van der Waals surface area contributed by atoms with Gasteiger partial charge in [-0.25, -0.2) is 4.79 Å². The fourth-order valence-corrected chi connectivity index (χ4v) is 3.63. The van der Waals surface area contributed by atoms with Crippen molar-refractivity contribution in [1.29, 1.82) is 0 Å². The topological polar surface area (TPSA) is 64.1 Å². The van der Waals surface area contributed by atoms with Crippen LogP contribution in [0.1, 0.15) is 32.8 Å². The summed E-state index contributed by atoms with van der Waals surface area (Å²) < 4.78 is 0. The van der Waals surface area contributed by atoms with Gasteiger partial charge in [0.1, 0.15) is 0 Å². The first-order valence-electron chi connectivity index (χ1n) is 8.89. The van der Waals surface area contributed by atoms with E-state index in [-0.39, 0.29) is 24.0 Å². The van der Waals surface area contributed by atoms with E-state index in [1.54, 1.807) is 0 Å². The lowest BCUT2D eigenvalue weighted by molar-refractivity contribution is -0.136. The number of rotatable bonds is 4. The molecule has 2 saturated heterocycles. The van der Waals surface area contributed by atoms with E-state index in [4.69, 9.17) is 5.11 Å². The lowest BCUT2D eigenvalue weighted by atomic mass is 10.0. The molecule has 1 aromatic carbocycles. The Balaban J connectivity index is 1.68. The molecule has 2 amide bonds. The molecule has 1 aromatic rings. The first-order valence-corrected chi connectivity index (χ1v) is 8.89. The zero-order chi connectivity index (χ0) is 18.2. The summed E-state index contributed by atoms with van der Waals surface area (Å²) in [6, 6.07) is 8.00. The maximum atomic E-state index is 12.8. The minimum atomic E-state index is -0.793. The number of aryl methyl sites for hydroxylation is 1. The van der Waals surface area contributed by atoms with Gasteiger partial charge in [0.15, 0.2) is 0 Å². The van der Waals surface area contributed by atoms with Crippen molar-refractivity contribution in [3.05, 3.63) is 29.8 Å². The van der Waals surface area contributed by atoms with E-state index in [2.05, 4.69) is 25.7 Å². The van der Waals surface area contributed by atoms with E-state index < -0.39 is 5.97 Å². The zero-order valence-corrected chi connectivity index (χ0v) is 15.2. The number of carbonyl (C=O) groups excluding carboxylic acids is 1. The average molecular weight is 345 g/mol. The molecule has 6 nitrogen and oxygen atoms in total. The molecule has 1 atom stereocenters. The van der Waals surface area contributed by atoms with Crippen LogP contribution in [0.15, 0.2) is 24.3 Å². The second-order valence-corrected chi connectivity index (χ2v) is 7.92. The molecule has 0 spiro atoms. The van der Waals surface area contributed by atoms with Gasteiger partial charge in [0.2, 0.25) is 0 Å². The number of amides is 2. The molecule has 1 N–H and O–H groups in total. The summed E-state index contributed by atoms with van der Waals surface area (Å²) in [5.41, 5.74) is 1.99. The van der Waals surface area contributed by atoms with E-state index in [9.17, 15) is 9.59 Å². The van der Waals surface area contributed by atoms with Crippen LogP contribution in [0.4, 0.5) is 10.5 Å². The Morgan fingerprint density at radius 1 is 1.16 bits per heavy atom. The molecular weight excluding hydrogens is 318 g/mol. The minimum absolute atomic E-state index is 0.0804. The smallest absolute Gasteiger partial charge is 0.324 e. The van der Waals surface area contributed by atoms with E-state index in [0.717, 1.165) is 30.9 Å². The molecule has 25 heavy (non-hydrogen) atoms. The molecule has 0 aliphatic carbocycles. The average Bonchev–Trinajstić information content (AvgIpc) is 2.89. The molecule has 0 radical (unpaired) electrons. The Hall–Kier alpha value is -2.08. The third-order valence-electron chi connectivity index (χ3n) is 5.18. The number of fused-ring (bicyclic) bond motifs is 1. The van der Waals surface area contributed by atoms with E-state index in [1.807, 2.05) is 34.1 Å². The number of benzene rings is 1. The van der Waals surface area contributed by atoms with Crippen LogP contribution in [0.3, 0.4) is 0 Å². The van der Waals surface area contributed by atoms with E-state index in [1.165, 1.54) is 0 Å². The lowest BCUT2D eigenvalue weighted by Crippen LogP contribution is -2.57. The molecule has 2 aliphatic rings. The Morgan fingerprint density at radius 2 is 1.84 bits per heavy atom. The summed E-state index contributed by atoms with van der Waals surface area (Å²) in [6.45, 7) is 9.94. The van der Waals surface area contributed by atoms with Gasteiger partial charge in [0, 0.05) is 43.8 Å². The van der Waals surface area contributed by atoms with E-state index >= 15 is 0 Å². The van der Waals surface area contributed by atoms with Crippen LogP contribution >= 0.6 is 0 Å². The number of carboxylic acid groups (broad SMARTS) is 1. The normalized spacial score (nSPS) is 21.6. The minimum Gasteiger partial charge on any atom is -0.481 e. The largest absolute Gasteiger partial charge is 0.481 e. The van der Waals surface area contributed by atoms with Crippen LogP contribution in [-0.2, 0) is 11.2 Å². The summed E-state index contributed by atoms with van der Waals surface area (Å²) in [7, 11) is 0.